The standard InChI is InChI=1S/C23H25N/c1-22(2,3)24-19-13-9-8-12-18(19)23(4,5)21-17-11-7-6-10-16(17)14-15-20(21)24/h6-15H,1-5H3. The first-order valence-electron chi connectivity index (χ1n) is 8.74. The Kier molecular flexibility index (Phi) is 3.09. The van der Waals surface area contributed by atoms with Gasteiger partial charge in [0.15, 0.2) is 0 Å². The van der Waals surface area contributed by atoms with Crippen LogP contribution >= 0.6 is 0 Å². The summed E-state index contributed by atoms with van der Waals surface area (Å²) in [5.41, 5.74) is 5.51. The third kappa shape index (κ3) is 2.00. The van der Waals surface area contributed by atoms with Crippen molar-refractivity contribution < 1.29 is 0 Å². The second-order valence-corrected chi connectivity index (χ2v) is 8.33. The van der Waals surface area contributed by atoms with E-state index in [4.69, 9.17) is 0 Å². The van der Waals surface area contributed by atoms with Gasteiger partial charge in [0.25, 0.3) is 0 Å². The normalized spacial score (nSPS) is 16.0. The summed E-state index contributed by atoms with van der Waals surface area (Å²) in [4.78, 5) is 2.51. The lowest BCUT2D eigenvalue weighted by Gasteiger charge is -2.48. The van der Waals surface area contributed by atoms with Crippen LogP contribution in [0.5, 0.6) is 0 Å². The summed E-state index contributed by atoms with van der Waals surface area (Å²) in [6.45, 7) is 11.6. The van der Waals surface area contributed by atoms with Crippen molar-refractivity contribution >= 4 is 22.1 Å². The fraction of sp³-hybridized carbons (Fsp3) is 0.304. The minimum Gasteiger partial charge on any atom is -0.336 e. The summed E-state index contributed by atoms with van der Waals surface area (Å²) >= 11 is 0. The van der Waals surface area contributed by atoms with Crippen LogP contribution in [0.2, 0.25) is 0 Å². The molecular weight excluding hydrogens is 290 g/mol. The van der Waals surface area contributed by atoms with E-state index in [1.165, 1.54) is 33.3 Å². The van der Waals surface area contributed by atoms with Gasteiger partial charge in [-0.25, -0.2) is 0 Å². The first kappa shape index (κ1) is 15.3. The van der Waals surface area contributed by atoms with Gasteiger partial charge in [0.2, 0.25) is 0 Å². The Morgan fingerprint density at radius 1 is 0.750 bits per heavy atom. The minimum absolute atomic E-state index is 0.0177. The number of fused-ring (bicyclic) bond motifs is 4. The van der Waals surface area contributed by atoms with Crippen LogP contribution in [0.25, 0.3) is 10.8 Å². The molecule has 1 heteroatoms. The smallest absolute Gasteiger partial charge is 0.0463 e. The maximum absolute atomic E-state index is 2.51. The Hall–Kier alpha value is -2.28. The molecule has 4 rings (SSSR count). The van der Waals surface area contributed by atoms with Crippen molar-refractivity contribution in [2.75, 3.05) is 4.90 Å². The number of hydrogen-bond donors (Lipinski definition) is 0. The van der Waals surface area contributed by atoms with Crippen LogP contribution in [-0.2, 0) is 5.41 Å². The Bertz CT molecular complexity index is 928. The van der Waals surface area contributed by atoms with E-state index in [2.05, 4.69) is 100 Å². The Morgan fingerprint density at radius 3 is 2.17 bits per heavy atom. The third-order valence-corrected chi connectivity index (χ3v) is 5.26. The van der Waals surface area contributed by atoms with Gasteiger partial charge >= 0.3 is 0 Å². The largest absolute Gasteiger partial charge is 0.336 e. The van der Waals surface area contributed by atoms with Gasteiger partial charge in [-0.05, 0) is 54.8 Å². The molecule has 1 aliphatic heterocycles. The molecule has 0 aromatic heterocycles. The number of nitrogens with zero attached hydrogens (tertiary/aromatic N) is 1. The number of para-hydroxylation sites is 1. The second kappa shape index (κ2) is 4.86. The molecule has 3 aromatic rings. The van der Waals surface area contributed by atoms with E-state index in [0.717, 1.165) is 0 Å². The number of rotatable bonds is 0. The fourth-order valence-corrected chi connectivity index (χ4v) is 4.29. The quantitative estimate of drug-likeness (QED) is 0.463. The van der Waals surface area contributed by atoms with Crippen molar-refractivity contribution in [3.05, 3.63) is 71.8 Å². The number of hydrogen-bond acceptors (Lipinski definition) is 1. The first-order chi connectivity index (χ1) is 11.3. The number of benzene rings is 3. The van der Waals surface area contributed by atoms with Gasteiger partial charge in [-0.3, -0.25) is 0 Å². The molecule has 122 valence electrons. The predicted octanol–water partition coefficient (Wildman–Crippen LogP) is 6.42. The highest BCUT2D eigenvalue weighted by Crippen LogP contribution is 2.53. The SMILES string of the molecule is CC1(C)c2ccccc2N(C(C)(C)C)c2ccc3ccccc3c21. The second-order valence-electron chi connectivity index (χ2n) is 8.33. The summed E-state index contributed by atoms with van der Waals surface area (Å²) in [5.74, 6) is 0. The predicted molar refractivity (Wildman–Crippen MR) is 104 cm³/mol. The topological polar surface area (TPSA) is 3.24 Å². The zero-order valence-electron chi connectivity index (χ0n) is 15.2. The lowest BCUT2D eigenvalue weighted by Crippen LogP contribution is -2.43. The molecule has 1 nitrogen and oxygen atoms in total. The Balaban J connectivity index is 2.16. The minimum atomic E-state index is -0.0193. The van der Waals surface area contributed by atoms with Gasteiger partial charge < -0.3 is 4.90 Å². The molecule has 1 aliphatic rings. The van der Waals surface area contributed by atoms with Crippen molar-refractivity contribution in [1.29, 1.82) is 0 Å². The molecule has 1 heterocycles. The molecule has 0 N–H and O–H groups in total. The summed E-state index contributed by atoms with van der Waals surface area (Å²) in [5, 5.41) is 2.68. The number of anilines is 2. The van der Waals surface area contributed by atoms with Crippen molar-refractivity contribution in [3.8, 4) is 0 Å². The lowest BCUT2D eigenvalue weighted by molar-refractivity contribution is 0.532. The molecule has 0 spiro atoms. The van der Waals surface area contributed by atoms with Crippen molar-refractivity contribution in [2.45, 2.75) is 45.6 Å². The lowest BCUT2D eigenvalue weighted by atomic mass is 9.71. The summed E-state index contributed by atoms with van der Waals surface area (Å²) in [6.07, 6.45) is 0. The van der Waals surface area contributed by atoms with E-state index >= 15 is 0 Å². The molecule has 3 aromatic carbocycles. The van der Waals surface area contributed by atoms with Crippen LogP contribution in [0.3, 0.4) is 0 Å². The molecule has 0 saturated carbocycles. The van der Waals surface area contributed by atoms with Gasteiger partial charge in [-0.2, -0.15) is 0 Å². The maximum atomic E-state index is 2.51. The van der Waals surface area contributed by atoms with Crippen molar-refractivity contribution in [2.24, 2.45) is 0 Å². The average molecular weight is 315 g/mol. The summed E-state index contributed by atoms with van der Waals surface area (Å²) in [6, 6.07) is 22.2. The molecule has 0 amide bonds. The van der Waals surface area contributed by atoms with Crippen molar-refractivity contribution in [3.63, 3.8) is 0 Å². The highest BCUT2D eigenvalue weighted by molar-refractivity contribution is 5.96. The Labute approximate surface area is 144 Å². The van der Waals surface area contributed by atoms with E-state index in [1.807, 2.05) is 0 Å². The van der Waals surface area contributed by atoms with Crippen LogP contribution in [0, 0.1) is 0 Å². The zero-order valence-corrected chi connectivity index (χ0v) is 15.2. The molecule has 24 heavy (non-hydrogen) atoms. The van der Waals surface area contributed by atoms with E-state index in [-0.39, 0.29) is 11.0 Å². The summed E-state index contributed by atoms with van der Waals surface area (Å²) in [7, 11) is 0. The molecule has 0 atom stereocenters. The third-order valence-electron chi connectivity index (χ3n) is 5.26. The first-order valence-corrected chi connectivity index (χ1v) is 8.74. The van der Waals surface area contributed by atoms with Gasteiger partial charge in [0.1, 0.15) is 0 Å². The van der Waals surface area contributed by atoms with E-state index in [9.17, 15) is 0 Å². The van der Waals surface area contributed by atoms with Gasteiger partial charge in [-0.15, -0.1) is 0 Å². The van der Waals surface area contributed by atoms with Crippen LogP contribution in [0.4, 0.5) is 11.4 Å². The monoisotopic (exact) mass is 315 g/mol. The highest BCUT2D eigenvalue weighted by atomic mass is 15.2. The van der Waals surface area contributed by atoms with Crippen LogP contribution < -0.4 is 4.90 Å². The van der Waals surface area contributed by atoms with Gasteiger partial charge in [-0.1, -0.05) is 62.4 Å². The van der Waals surface area contributed by atoms with Gasteiger partial charge in [0.05, 0.1) is 0 Å². The Morgan fingerprint density at radius 2 is 1.42 bits per heavy atom. The molecule has 0 saturated heterocycles. The zero-order chi connectivity index (χ0) is 17.1. The van der Waals surface area contributed by atoms with Crippen LogP contribution in [-0.4, -0.2) is 5.54 Å². The molecule has 0 bridgehead atoms. The van der Waals surface area contributed by atoms with E-state index in [0.29, 0.717) is 0 Å². The highest BCUT2D eigenvalue weighted by Gasteiger charge is 2.40. The van der Waals surface area contributed by atoms with E-state index in [1.54, 1.807) is 0 Å². The van der Waals surface area contributed by atoms with E-state index < -0.39 is 0 Å². The maximum Gasteiger partial charge on any atom is 0.0463 e. The molecular formula is C23H25N. The molecule has 0 aliphatic carbocycles. The fourth-order valence-electron chi connectivity index (χ4n) is 4.29. The average Bonchev–Trinajstić information content (AvgIpc) is 2.53. The molecule has 0 unspecified atom stereocenters. The van der Waals surface area contributed by atoms with Crippen molar-refractivity contribution in [1.82, 2.24) is 0 Å². The molecule has 0 radical (unpaired) electrons. The van der Waals surface area contributed by atoms with Gasteiger partial charge in [0, 0.05) is 22.3 Å². The van der Waals surface area contributed by atoms with Crippen LogP contribution in [0.15, 0.2) is 60.7 Å². The van der Waals surface area contributed by atoms with Crippen LogP contribution in [0.1, 0.15) is 45.7 Å². The molecule has 0 fully saturated rings. The summed E-state index contributed by atoms with van der Waals surface area (Å²) < 4.78 is 0.